The van der Waals surface area contributed by atoms with Gasteiger partial charge in [-0.1, -0.05) is 30.3 Å². The lowest BCUT2D eigenvalue weighted by atomic mass is 10.0. The summed E-state index contributed by atoms with van der Waals surface area (Å²) in [5.41, 5.74) is 16.2. The topological polar surface area (TPSA) is 274 Å². The van der Waals surface area contributed by atoms with Crippen molar-refractivity contribution in [2.75, 3.05) is 0 Å². The van der Waals surface area contributed by atoms with Crippen LogP contribution in [0.3, 0.4) is 0 Å². The van der Waals surface area contributed by atoms with Gasteiger partial charge in [0.2, 0.25) is 29.5 Å². The lowest BCUT2D eigenvalue weighted by Crippen LogP contribution is -2.58. The third-order valence-corrected chi connectivity index (χ3v) is 4.71. The molecule has 0 heterocycles. The molecule has 11 N–H and O–H groups in total. The molecule has 0 aromatic heterocycles. The SMILES string of the molecule is NC(=O)CC(N)C(=O)NC(Cc1ccccc1)C(=O)NC(CC(=O)O)C(=O)NC(CC(N)=O)C(=O)O. The average molecular weight is 508 g/mol. The number of aliphatic carboxylic acids is 2. The molecule has 0 saturated carbocycles. The Morgan fingerprint density at radius 3 is 1.69 bits per heavy atom. The number of carboxylic acids is 2. The van der Waals surface area contributed by atoms with E-state index in [1.807, 2.05) is 5.32 Å². The maximum absolute atomic E-state index is 13.0. The molecule has 0 aliphatic rings. The molecule has 0 aliphatic carbocycles. The van der Waals surface area contributed by atoms with Crippen molar-refractivity contribution in [1.29, 1.82) is 0 Å². The maximum atomic E-state index is 13.0. The van der Waals surface area contributed by atoms with Crippen LogP contribution in [0, 0.1) is 0 Å². The van der Waals surface area contributed by atoms with Crippen LogP contribution in [0.4, 0.5) is 0 Å². The predicted molar refractivity (Wildman–Crippen MR) is 121 cm³/mol. The fourth-order valence-electron chi connectivity index (χ4n) is 2.98. The number of nitrogens with one attached hydrogen (secondary N) is 3. The van der Waals surface area contributed by atoms with Crippen LogP contribution >= 0.6 is 0 Å². The molecule has 1 rings (SSSR count). The summed E-state index contributed by atoms with van der Waals surface area (Å²) in [6.45, 7) is 0. The van der Waals surface area contributed by atoms with E-state index in [2.05, 4.69) is 10.6 Å². The van der Waals surface area contributed by atoms with Crippen LogP contribution in [0.2, 0.25) is 0 Å². The van der Waals surface area contributed by atoms with Crippen molar-refractivity contribution in [2.45, 2.75) is 49.9 Å². The zero-order valence-electron chi connectivity index (χ0n) is 19.0. The zero-order valence-corrected chi connectivity index (χ0v) is 19.0. The molecule has 0 spiro atoms. The van der Waals surface area contributed by atoms with Gasteiger partial charge < -0.3 is 43.4 Å². The quantitative estimate of drug-likeness (QED) is 0.115. The second-order valence-corrected chi connectivity index (χ2v) is 7.76. The average Bonchev–Trinajstić information content (AvgIpc) is 2.77. The highest BCUT2D eigenvalue weighted by atomic mass is 16.4. The summed E-state index contributed by atoms with van der Waals surface area (Å²) in [7, 11) is 0. The van der Waals surface area contributed by atoms with Gasteiger partial charge in [0.05, 0.1) is 25.3 Å². The van der Waals surface area contributed by atoms with Gasteiger partial charge in [-0.3, -0.25) is 28.8 Å². The highest BCUT2D eigenvalue weighted by molar-refractivity contribution is 5.97. The summed E-state index contributed by atoms with van der Waals surface area (Å²) in [5, 5.41) is 24.8. The number of benzene rings is 1. The lowest BCUT2D eigenvalue weighted by Gasteiger charge is -2.24. The van der Waals surface area contributed by atoms with Gasteiger partial charge in [-0.25, -0.2) is 4.79 Å². The van der Waals surface area contributed by atoms with E-state index >= 15 is 0 Å². The van der Waals surface area contributed by atoms with Gasteiger partial charge in [-0.15, -0.1) is 0 Å². The number of amides is 5. The van der Waals surface area contributed by atoms with E-state index in [1.54, 1.807) is 30.3 Å². The van der Waals surface area contributed by atoms with Crippen molar-refractivity contribution in [1.82, 2.24) is 16.0 Å². The molecule has 5 amide bonds. The summed E-state index contributed by atoms with van der Waals surface area (Å²) in [6.07, 6.45) is -2.35. The van der Waals surface area contributed by atoms with E-state index in [1.165, 1.54) is 0 Å². The number of carbonyl (C=O) groups is 7. The second-order valence-electron chi connectivity index (χ2n) is 7.76. The fraction of sp³-hybridized carbons (Fsp3) is 0.381. The molecule has 15 heteroatoms. The molecular formula is C21H28N6O9. The van der Waals surface area contributed by atoms with Crippen molar-refractivity contribution in [3.63, 3.8) is 0 Å². The van der Waals surface area contributed by atoms with Crippen LogP contribution in [0.25, 0.3) is 0 Å². The Morgan fingerprint density at radius 1 is 0.694 bits per heavy atom. The monoisotopic (exact) mass is 508 g/mol. The maximum Gasteiger partial charge on any atom is 0.326 e. The number of hydrogen-bond acceptors (Lipinski definition) is 8. The first kappa shape index (κ1) is 29.5. The highest BCUT2D eigenvalue weighted by Gasteiger charge is 2.32. The van der Waals surface area contributed by atoms with Crippen LogP contribution in [0.1, 0.15) is 24.8 Å². The molecule has 4 unspecified atom stereocenters. The Balaban J connectivity index is 3.13. The predicted octanol–water partition coefficient (Wildman–Crippen LogP) is -3.68. The normalized spacial score (nSPS) is 13.8. The number of primary amides is 2. The zero-order chi connectivity index (χ0) is 27.4. The van der Waals surface area contributed by atoms with Crippen molar-refractivity contribution < 1.29 is 43.8 Å². The van der Waals surface area contributed by atoms with Gasteiger partial charge in [-0.05, 0) is 5.56 Å². The van der Waals surface area contributed by atoms with E-state index in [9.17, 15) is 33.6 Å². The first-order valence-corrected chi connectivity index (χ1v) is 10.5. The van der Waals surface area contributed by atoms with Crippen molar-refractivity contribution in [3.05, 3.63) is 35.9 Å². The van der Waals surface area contributed by atoms with E-state index in [4.69, 9.17) is 27.4 Å². The molecule has 1 aromatic carbocycles. The first-order chi connectivity index (χ1) is 16.8. The standard InChI is InChI=1S/C21H28N6O9/c22-11(7-15(23)28)18(32)25-12(6-10-4-2-1-3-5-10)19(33)26-13(9-17(30)31)20(34)27-14(21(35)36)8-16(24)29/h1-5,11-14H,6-9,22H2,(H2,23,28)(H2,24,29)(H,25,32)(H,26,33)(H,27,34)(H,30,31)(H,35,36). The molecule has 0 radical (unpaired) electrons. The summed E-state index contributed by atoms with van der Waals surface area (Å²) in [4.78, 5) is 82.7. The summed E-state index contributed by atoms with van der Waals surface area (Å²) in [6, 6.07) is 2.01. The van der Waals surface area contributed by atoms with Gasteiger partial charge in [-0.2, -0.15) is 0 Å². The lowest BCUT2D eigenvalue weighted by molar-refractivity contribution is -0.144. The van der Waals surface area contributed by atoms with Gasteiger partial charge in [0.25, 0.3) is 0 Å². The van der Waals surface area contributed by atoms with Gasteiger partial charge in [0.15, 0.2) is 0 Å². The molecule has 15 nitrogen and oxygen atoms in total. The van der Waals surface area contributed by atoms with Crippen LogP contribution in [-0.4, -0.2) is 75.9 Å². The van der Waals surface area contributed by atoms with Crippen molar-refractivity contribution >= 4 is 41.5 Å². The number of nitrogens with two attached hydrogens (primary N) is 3. The Morgan fingerprint density at radius 2 is 1.19 bits per heavy atom. The molecule has 0 fully saturated rings. The molecule has 0 saturated heterocycles. The van der Waals surface area contributed by atoms with Crippen LogP contribution < -0.4 is 33.2 Å². The molecular weight excluding hydrogens is 480 g/mol. The Bertz CT molecular complexity index is 1000. The molecule has 36 heavy (non-hydrogen) atoms. The minimum Gasteiger partial charge on any atom is -0.481 e. The number of rotatable bonds is 15. The summed E-state index contributed by atoms with van der Waals surface area (Å²) in [5.74, 6) is -8.14. The molecule has 0 bridgehead atoms. The number of carboxylic acid groups (broad SMARTS) is 2. The molecule has 0 aliphatic heterocycles. The summed E-state index contributed by atoms with van der Waals surface area (Å²) >= 11 is 0. The largest absolute Gasteiger partial charge is 0.481 e. The van der Waals surface area contributed by atoms with Crippen molar-refractivity contribution in [2.24, 2.45) is 17.2 Å². The molecule has 196 valence electrons. The summed E-state index contributed by atoms with van der Waals surface area (Å²) < 4.78 is 0. The smallest absolute Gasteiger partial charge is 0.326 e. The van der Waals surface area contributed by atoms with E-state index < -0.39 is 84.9 Å². The highest BCUT2D eigenvalue weighted by Crippen LogP contribution is 2.06. The Labute approximate surface area is 204 Å². The Hall–Kier alpha value is -4.53. The van der Waals surface area contributed by atoms with Crippen molar-refractivity contribution in [3.8, 4) is 0 Å². The Kier molecular flexibility index (Phi) is 11.5. The van der Waals surface area contributed by atoms with Gasteiger partial charge in [0.1, 0.15) is 18.1 Å². The van der Waals surface area contributed by atoms with E-state index in [0.717, 1.165) is 0 Å². The van der Waals surface area contributed by atoms with Gasteiger partial charge in [0, 0.05) is 6.42 Å². The number of hydrogen-bond donors (Lipinski definition) is 8. The third kappa shape index (κ3) is 10.6. The third-order valence-electron chi connectivity index (χ3n) is 4.71. The molecule has 4 atom stereocenters. The molecule has 1 aromatic rings. The second kappa shape index (κ2) is 14.0. The van der Waals surface area contributed by atoms with Crippen LogP contribution in [-0.2, 0) is 40.0 Å². The van der Waals surface area contributed by atoms with Crippen LogP contribution in [0.15, 0.2) is 30.3 Å². The fourth-order valence-corrected chi connectivity index (χ4v) is 2.98. The van der Waals surface area contributed by atoms with E-state index in [-0.39, 0.29) is 6.42 Å². The first-order valence-electron chi connectivity index (χ1n) is 10.5. The van der Waals surface area contributed by atoms with Crippen LogP contribution in [0.5, 0.6) is 0 Å². The minimum atomic E-state index is -1.78. The van der Waals surface area contributed by atoms with Gasteiger partial charge >= 0.3 is 11.9 Å². The minimum absolute atomic E-state index is 0.109. The number of carbonyl (C=O) groups excluding carboxylic acids is 5. The van der Waals surface area contributed by atoms with E-state index in [0.29, 0.717) is 5.56 Å².